The second-order valence-electron chi connectivity index (χ2n) is 6.65. The van der Waals surface area contributed by atoms with Gasteiger partial charge in [-0.3, -0.25) is 4.79 Å². The number of likely N-dealkylation sites (tertiary alicyclic amines) is 1. The van der Waals surface area contributed by atoms with Gasteiger partial charge in [0.05, 0.1) is 0 Å². The first-order chi connectivity index (χ1) is 10.2. The van der Waals surface area contributed by atoms with Crippen molar-refractivity contribution in [3.05, 3.63) is 34.9 Å². The number of rotatable bonds is 2. The van der Waals surface area contributed by atoms with E-state index in [1.165, 1.54) is 0 Å². The fourth-order valence-electron chi connectivity index (χ4n) is 2.54. The molecule has 2 rings (SSSR count). The van der Waals surface area contributed by atoms with Gasteiger partial charge >= 0.3 is 6.09 Å². The number of piperidine rings is 1. The molecule has 4 nitrogen and oxygen atoms in total. The lowest BCUT2D eigenvalue weighted by molar-refractivity contribution is -0.122. The molecule has 1 aliphatic rings. The summed E-state index contributed by atoms with van der Waals surface area (Å²) in [4.78, 5) is 25.8. The minimum atomic E-state index is -0.538. The molecule has 1 amide bonds. The van der Waals surface area contributed by atoms with E-state index in [1.54, 1.807) is 4.90 Å². The van der Waals surface area contributed by atoms with Gasteiger partial charge in [0.1, 0.15) is 11.4 Å². The monoisotopic (exact) mass is 323 g/mol. The van der Waals surface area contributed by atoms with Crippen molar-refractivity contribution in [2.75, 3.05) is 6.54 Å². The molecule has 0 aliphatic carbocycles. The van der Waals surface area contributed by atoms with Crippen molar-refractivity contribution < 1.29 is 14.3 Å². The summed E-state index contributed by atoms with van der Waals surface area (Å²) in [7, 11) is 0. The van der Waals surface area contributed by atoms with Gasteiger partial charge in [0.2, 0.25) is 0 Å². The third-order valence-corrected chi connectivity index (χ3v) is 3.80. The third-order valence-electron chi connectivity index (χ3n) is 3.55. The Bertz CT molecular complexity index is 548. The van der Waals surface area contributed by atoms with Crippen molar-refractivity contribution in [3.8, 4) is 0 Å². The van der Waals surface area contributed by atoms with Crippen LogP contribution in [0.2, 0.25) is 5.02 Å². The maximum absolute atomic E-state index is 12.3. The lowest BCUT2D eigenvalue weighted by Crippen LogP contribution is -2.49. The van der Waals surface area contributed by atoms with Crippen LogP contribution in [-0.4, -0.2) is 35.0 Å². The summed E-state index contributed by atoms with van der Waals surface area (Å²) in [5, 5.41) is 0.674. The van der Waals surface area contributed by atoms with Gasteiger partial charge < -0.3 is 9.64 Å². The summed E-state index contributed by atoms with van der Waals surface area (Å²) in [5.41, 5.74) is 0.515. The molecule has 0 N–H and O–H groups in total. The molecule has 5 heteroatoms. The lowest BCUT2D eigenvalue weighted by atomic mass is 9.95. The highest BCUT2D eigenvalue weighted by atomic mass is 35.5. The van der Waals surface area contributed by atoms with Crippen LogP contribution < -0.4 is 0 Å². The number of halogens is 1. The van der Waals surface area contributed by atoms with Gasteiger partial charge in [0.25, 0.3) is 0 Å². The highest BCUT2D eigenvalue weighted by Crippen LogP contribution is 2.22. The van der Waals surface area contributed by atoms with Crippen LogP contribution in [0.1, 0.15) is 39.2 Å². The molecule has 0 spiro atoms. The molecule has 0 aromatic heterocycles. The number of benzene rings is 1. The number of Topliss-reactive ketones (excluding diaryl/α,β-unsaturated/α-hetero) is 1. The van der Waals surface area contributed by atoms with Gasteiger partial charge in [-0.2, -0.15) is 0 Å². The minimum Gasteiger partial charge on any atom is -0.444 e. The first-order valence-electron chi connectivity index (χ1n) is 7.50. The summed E-state index contributed by atoms with van der Waals surface area (Å²) in [6, 6.07) is 7.33. The Kier molecular flexibility index (Phi) is 5.12. The van der Waals surface area contributed by atoms with Crippen molar-refractivity contribution in [3.63, 3.8) is 0 Å². The average molecular weight is 324 g/mol. The Morgan fingerprint density at radius 3 is 2.55 bits per heavy atom. The number of amides is 1. The van der Waals surface area contributed by atoms with E-state index in [-0.39, 0.29) is 17.9 Å². The number of carbonyl (C=O) groups excluding carboxylic acids is 2. The van der Waals surface area contributed by atoms with Gasteiger partial charge in [-0.05, 0) is 44.9 Å². The maximum atomic E-state index is 12.3. The Hall–Kier alpha value is -1.55. The number of ketones is 1. The van der Waals surface area contributed by atoms with Crippen LogP contribution in [0.5, 0.6) is 0 Å². The predicted octanol–water partition coefficient (Wildman–Crippen LogP) is 3.85. The number of hydrogen-bond donors (Lipinski definition) is 0. The maximum Gasteiger partial charge on any atom is 0.410 e. The fraction of sp³-hybridized carbons (Fsp3) is 0.529. The Balaban J connectivity index is 2.11. The lowest BCUT2D eigenvalue weighted by Gasteiger charge is -2.36. The van der Waals surface area contributed by atoms with Crippen molar-refractivity contribution in [2.24, 2.45) is 0 Å². The topological polar surface area (TPSA) is 46.6 Å². The molecule has 0 unspecified atom stereocenters. The van der Waals surface area contributed by atoms with Crippen LogP contribution in [-0.2, 0) is 16.0 Å². The fourth-order valence-corrected chi connectivity index (χ4v) is 2.66. The van der Waals surface area contributed by atoms with Gasteiger partial charge in [-0.1, -0.05) is 23.7 Å². The molecule has 1 aromatic rings. The van der Waals surface area contributed by atoms with Crippen molar-refractivity contribution >= 4 is 23.5 Å². The van der Waals surface area contributed by atoms with Crippen molar-refractivity contribution in [2.45, 2.75) is 51.7 Å². The molecule has 0 radical (unpaired) electrons. The van der Waals surface area contributed by atoms with Gasteiger partial charge in [0.15, 0.2) is 0 Å². The molecule has 1 fully saturated rings. The zero-order valence-corrected chi connectivity index (χ0v) is 14.0. The molecule has 1 aliphatic heterocycles. The zero-order chi connectivity index (χ0) is 16.3. The Morgan fingerprint density at radius 2 is 1.95 bits per heavy atom. The molecular formula is C17H22ClNO3. The SMILES string of the molecule is CC(C)(C)OC(=O)N1CCC(=O)C[C@@H]1Cc1ccc(Cl)cc1. The molecule has 1 aromatic carbocycles. The molecule has 1 heterocycles. The summed E-state index contributed by atoms with van der Waals surface area (Å²) < 4.78 is 5.45. The number of ether oxygens (including phenoxy) is 1. The quantitative estimate of drug-likeness (QED) is 0.830. The second-order valence-corrected chi connectivity index (χ2v) is 7.09. The summed E-state index contributed by atoms with van der Waals surface area (Å²) in [6.07, 6.45) is 1.05. The molecule has 1 atom stereocenters. The number of carbonyl (C=O) groups is 2. The summed E-state index contributed by atoms with van der Waals surface area (Å²) >= 11 is 5.89. The van der Waals surface area contributed by atoms with E-state index in [4.69, 9.17) is 16.3 Å². The highest BCUT2D eigenvalue weighted by molar-refractivity contribution is 6.30. The van der Waals surface area contributed by atoms with Crippen LogP contribution in [0, 0.1) is 0 Å². The predicted molar refractivity (Wildman–Crippen MR) is 86.1 cm³/mol. The smallest absolute Gasteiger partial charge is 0.410 e. The van der Waals surface area contributed by atoms with Crippen LogP contribution in [0.3, 0.4) is 0 Å². The average Bonchev–Trinajstić information content (AvgIpc) is 2.39. The van der Waals surface area contributed by atoms with E-state index >= 15 is 0 Å². The summed E-state index contributed by atoms with van der Waals surface area (Å²) in [6.45, 7) is 5.95. The highest BCUT2D eigenvalue weighted by Gasteiger charge is 2.33. The van der Waals surface area contributed by atoms with Crippen molar-refractivity contribution in [1.82, 2.24) is 4.90 Å². The zero-order valence-electron chi connectivity index (χ0n) is 13.3. The van der Waals surface area contributed by atoms with E-state index in [0.29, 0.717) is 30.8 Å². The molecule has 22 heavy (non-hydrogen) atoms. The first kappa shape index (κ1) is 16.8. The van der Waals surface area contributed by atoms with Crippen LogP contribution in [0.25, 0.3) is 0 Å². The van der Waals surface area contributed by atoms with Crippen LogP contribution >= 0.6 is 11.6 Å². The minimum absolute atomic E-state index is 0.155. The largest absolute Gasteiger partial charge is 0.444 e. The van der Waals surface area contributed by atoms with Gasteiger partial charge in [0, 0.05) is 30.5 Å². The summed E-state index contributed by atoms with van der Waals surface area (Å²) in [5.74, 6) is 0.193. The normalized spacial score (nSPS) is 19.2. The molecule has 0 bridgehead atoms. The third kappa shape index (κ3) is 4.73. The van der Waals surface area contributed by atoms with Gasteiger partial charge in [-0.25, -0.2) is 4.79 Å². The molecule has 1 saturated heterocycles. The van der Waals surface area contributed by atoms with Crippen LogP contribution in [0.4, 0.5) is 4.79 Å². The molecule has 120 valence electrons. The second kappa shape index (κ2) is 6.69. The molecule has 0 saturated carbocycles. The van der Waals surface area contributed by atoms with E-state index < -0.39 is 5.60 Å². The van der Waals surface area contributed by atoms with E-state index in [1.807, 2.05) is 45.0 Å². The Labute approximate surface area is 136 Å². The van der Waals surface area contributed by atoms with Gasteiger partial charge in [-0.15, -0.1) is 0 Å². The van der Waals surface area contributed by atoms with Crippen molar-refractivity contribution in [1.29, 1.82) is 0 Å². The Morgan fingerprint density at radius 1 is 1.32 bits per heavy atom. The standard InChI is InChI=1S/C17H22ClNO3/c1-17(2,3)22-16(21)19-9-8-15(20)11-14(19)10-12-4-6-13(18)7-5-12/h4-7,14H,8-11H2,1-3H3/t14-/m0/s1. The van der Waals surface area contributed by atoms with E-state index in [9.17, 15) is 9.59 Å². The first-order valence-corrected chi connectivity index (χ1v) is 7.88. The van der Waals surface area contributed by atoms with Crippen LogP contribution in [0.15, 0.2) is 24.3 Å². The number of nitrogens with zero attached hydrogens (tertiary/aromatic N) is 1. The van der Waals surface area contributed by atoms with E-state index in [2.05, 4.69) is 0 Å². The van der Waals surface area contributed by atoms with E-state index in [0.717, 1.165) is 5.56 Å². The number of hydrogen-bond acceptors (Lipinski definition) is 3. The molecular weight excluding hydrogens is 302 g/mol.